The molecule has 0 aliphatic carbocycles. The Morgan fingerprint density at radius 3 is 2.77 bits per heavy atom. The van der Waals surface area contributed by atoms with Crippen LogP contribution in [0.5, 0.6) is 0 Å². The summed E-state index contributed by atoms with van der Waals surface area (Å²) in [5.41, 5.74) is 1.98. The quantitative estimate of drug-likeness (QED) is 0.541. The van der Waals surface area contributed by atoms with E-state index in [9.17, 15) is 4.79 Å². The molecule has 0 aliphatic heterocycles. The minimum atomic E-state index is 0.481. The molecular formula is C9H7N3O. The van der Waals surface area contributed by atoms with E-state index in [-0.39, 0.29) is 0 Å². The monoisotopic (exact) mass is 173 g/mol. The highest BCUT2D eigenvalue weighted by atomic mass is 16.1. The lowest BCUT2D eigenvalue weighted by Gasteiger charge is -1.97. The fourth-order valence-corrected chi connectivity index (χ4v) is 0.901. The highest BCUT2D eigenvalue weighted by molar-refractivity contribution is 5.61. The molecule has 0 unspecified atom stereocenters. The van der Waals surface area contributed by atoms with Gasteiger partial charge in [0.2, 0.25) is 6.08 Å². The Morgan fingerprint density at radius 1 is 1.38 bits per heavy atom. The molecule has 0 spiro atoms. The van der Waals surface area contributed by atoms with Crippen LogP contribution >= 0.6 is 0 Å². The number of isocyanates is 1. The molecule has 0 amide bonds. The van der Waals surface area contributed by atoms with Gasteiger partial charge in [0.05, 0.1) is 17.4 Å². The molecule has 13 heavy (non-hydrogen) atoms. The van der Waals surface area contributed by atoms with Crippen LogP contribution in [0.4, 0.5) is 11.4 Å². The number of aliphatic imine (C=N–C) groups is 2. The van der Waals surface area contributed by atoms with Crippen molar-refractivity contribution in [2.24, 2.45) is 9.98 Å². The predicted octanol–water partition coefficient (Wildman–Crippen LogP) is 2.35. The average Bonchev–Trinajstić information content (AvgIpc) is 2.12. The molecule has 0 atom stereocenters. The number of carbonyl (C=O) groups excluding carboxylic acids is 1. The van der Waals surface area contributed by atoms with Crippen molar-refractivity contribution in [2.75, 3.05) is 0 Å². The molecule has 0 saturated heterocycles. The highest BCUT2D eigenvalue weighted by Gasteiger charge is 1.97. The van der Waals surface area contributed by atoms with E-state index in [1.807, 2.05) is 12.9 Å². The van der Waals surface area contributed by atoms with Gasteiger partial charge in [0.25, 0.3) is 0 Å². The van der Waals surface area contributed by atoms with Crippen molar-refractivity contribution in [1.82, 2.24) is 0 Å². The summed E-state index contributed by atoms with van der Waals surface area (Å²) in [6, 6.07) is 6.98. The van der Waals surface area contributed by atoms with E-state index in [4.69, 9.17) is 5.41 Å². The minimum Gasteiger partial charge on any atom is -0.241 e. The summed E-state index contributed by atoms with van der Waals surface area (Å²) in [5.74, 6) is 0. The number of hydrogen-bond donors (Lipinski definition) is 1. The first-order chi connectivity index (χ1) is 6.27. The van der Waals surface area contributed by atoms with Gasteiger partial charge in [-0.25, -0.2) is 10.2 Å². The molecule has 1 aromatic rings. The van der Waals surface area contributed by atoms with Crippen molar-refractivity contribution in [3.05, 3.63) is 23.8 Å². The van der Waals surface area contributed by atoms with E-state index in [0.29, 0.717) is 11.4 Å². The Labute approximate surface area is 75.2 Å². The molecule has 0 heterocycles. The normalized spacial score (nSPS) is 8.38. The van der Waals surface area contributed by atoms with E-state index in [2.05, 4.69) is 9.98 Å². The first kappa shape index (κ1) is 9.07. The topological polar surface area (TPSA) is 65.6 Å². The van der Waals surface area contributed by atoms with Crippen molar-refractivity contribution in [2.45, 2.75) is 6.92 Å². The van der Waals surface area contributed by atoms with E-state index in [1.165, 1.54) is 6.08 Å². The summed E-state index contributed by atoms with van der Waals surface area (Å²) >= 11 is 0. The van der Waals surface area contributed by atoms with Crippen LogP contribution in [0.1, 0.15) is 5.56 Å². The smallest absolute Gasteiger partial charge is 0.240 e. The molecule has 0 aromatic heterocycles. The van der Waals surface area contributed by atoms with Crippen LogP contribution < -0.4 is 0 Å². The molecule has 0 bridgehead atoms. The zero-order valence-corrected chi connectivity index (χ0v) is 7.03. The third-order valence-electron chi connectivity index (χ3n) is 1.54. The van der Waals surface area contributed by atoms with E-state index < -0.39 is 0 Å². The fourth-order valence-electron chi connectivity index (χ4n) is 0.901. The molecule has 64 valence electrons. The van der Waals surface area contributed by atoms with Gasteiger partial charge >= 0.3 is 0 Å². The SMILES string of the molecule is Cc1ccc(N=C=O)cc1N=C=N. The first-order valence-corrected chi connectivity index (χ1v) is 3.59. The second-order valence-electron chi connectivity index (χ2n) is 2.40. The van der Waals surface area contributed by atoms with Gasteiger partial charge in [-0.2, -0.15) is 9.98 Å². The molecule has 1 aromatic carbocycles. The molecular weight excluding hydrogens is 166 g/mol. The largest absolute Gasteiger partial charge is 0.241 e. The summed E-state index contributed by atoms with van der Waals surface area (Å²) in [6.45, 7) is 1.85. The number of aryl methyl sites for hydroxylation is 1. The first-order valence-electron chi connectivity index (χ1n) is 3.59. The predicted molar refractivity (Wildman–Crippen MR) is 48.8 cm³/mol. The second kappa shape index (κ2) is 4.12. The van der Waals surface area contributed by atoms with Crippen LogP contribution in [0.2, 0.25) is 0 Å². The van der Waals surface area contributed by atoms with Gasteiger partial charge in [0.15, 0.2) is 0 Å². The standard InChI is InChI=1S/C9H7N3O/c1-7-2-3-8(12-6-13)4-9(7)11-5-10/h2-4,10H,1H3. The Kier molecular flexibility index (Phi) is 2.87. The second-order valence-corrected chi connectivity index (χ2v) is 2.40. The third-order valence-corrected chi connectivity index (χ3v) is 1.54. The van der Waals surface area contributed by atoms with Gasteiger partial charge in [0.1, 0.15) is 0 Å². The van der Waals surface area contributed by atoms with Crippen LogP contribution in [0, 0.1) is 12.3 Å². The molecule has 1 rings (SSSR count). The Balaban J connectivity index is 3.25. The summed E-state index contributed by atoms with van der Waals surface area (Å²) in [5, 5.41) is 6.68. The Morgan fingerprint density at radius 2 is 2.15 bits per heavy atom. The lowest BCUT2D eigenvalue weighted by molar-refractivity contribution is 0.565. The zero-order valence-electron chi connectivity index (χ0n) is 7.03. The summed E-state index contributed by atoms with van der Waals surface area (Å²) < 4.78 is 0. The summed E-state index contributed by atoms with van der Waals surface area (Å²) in [6.07, 6.45) is 1.44. The van der Waals surface area contributed by atoms with Crippen molar-refractivity contribution < 1.29 is 4.79 Å². The van der Waals surface area contributed by atoms with Crippen LogP contribution in [0.25, 0.3) is 0 Å². The van der Waals surface area contributed by atoms with Crippen molar-refractivity contribution in [3.63, 3.8) is 0 Å². The molecule has 4 nitrogen and oxygen atoms in total. The maximum atomic E-state index is 9.95. The fraction of sp³-hybridized carbons (Fsp3) is 0.111. The van der Waals surface area contributed by atoms with Crippen molar-refractivity contribution in [3.8, 4) is 0 Å². The highest BCUT2D eigenvalue weighted by Crippen LogP contribution is 2.23. The molecule has 0 radical (unpaired) electrons. The van der Waals surface area contributed by atoms with Crippen LogP contribution in [-0.2, 0) is 4.79 Å². The average molecular weight is 173 g/mol. The zero-order chi connectivity index (χ0) is 9.68. The van der Waals surface area contributed by atoms with Gasteiger partial charge in [-0.15, -0.1) is 0 Å². The number of nitrogens with zero attached hydrogens (tertiary/aromatic N) is 2. The van der Waals surface area contributed by atoms with E-state index >= 15 is 0 Å². The number of rotatable bonds is 2. The Bertz CT molecular complexity index is 413. The van der Waals surface area contributed by atoms with Crippen molar-refractivity contribution in [1.29, 1.82) is 5.41 Å². The molecule has 0 aliphatic rings. The van der Waals surface area contributed by atoms with Crippen LogP contribution in [0.15, 0.2) is 28.2 Å². The summed E-state index contributed by atoms with van der Waals surface area (Å²) in [4.78, 5) is 17.1. The number of hydrogen-bond acceptors (Lipinski definition) is 4. The molecule has 1 N–H and O–H groups in total. The van der Waals surface area contributed by atoms with Gasteiger partial charge in [-0.05, 0) is 24.6 Å². The lowest BCUT2D eigenvalue weighted by Crippen LogP contribution is -1.73. The molecule has 4 heteroatoms. The minimum absolute atomic E-state index is 0.481. The number of benzene rings is 1. The maximum Gasteiger partial charge on any atom is 0.240 e. The maximum absolute atomic E-state index is 9.95. The van der Waals surface area contributed by atoms with E-state index in [1.54, 1.807) is 18.2 Å². The molecule has 0 fully saturated rings. The van der Waals surface area contributed by atoms with Gasteiger partial charge in [0, 0.05) is 0 Å². The lowest BCUT2D eigenvalue weighted by atomic mass is 10.2. The van der Waals surface area contributed by atoms with Gasteiger partial charge < -0.3 is 0 Å². The van der Waals surface area contributed by atoms with Gasteiger partial charge in [-0.3, -0.25) is 0 Å². The third kappa shape index (κ3) is 2.20. The van der Waals surface area contributed by atoms with E-state index in [0.717, 1.165) is 5.56 Å². The van der Waals surface area contributed by atoms with Gasteiger partial charge in [-0.1, -0.05) is 6.07 Å². The number of nitrogens with one attached hydrogen (secondary N) is 1. The molecule has 0 saturated carbocycles. The Hall–Kier alpha value is -2.02. The van der Waals surface area contributed by atoms with Crippen molar-refractivity contribution >= 4 is 23.5 Å². The summed E-state index contributed by atoms with van der Waals surface area (Å²) in [7, 11) is 0. The van der Waals surface area contributed by atoms with Crippen LogP contribution in [-0.4, -0.2) is 12.1 Å². The van der Waals surface area contributed by atoms with Crippen LogP contribution in [0.3, 0.4) is 0 Å².